The van der Waals surface area contributed by atoms with Gasteiger partial charge in [0.15, 0.2) is 0 Å². The first kappa shape index (κ1) is 15.1. The summed E-state index contributed by atoms with van der Waals surface area (Å²) in [4.78, 5) is 12.0. The Kier molecular flexibility index (Phi) is 4.95. The Balaban J connectivity index is 2.06. The van der Waals surface area contributed by atoms with E-state index in [-0.39, 0.29) is 12.6 Å². The number of hydrogen-bond acceptors (Lipinski definition) is 2. The van der Waals surface area contributed by atoms with Crippen molar-refractivity contribution in [3.8, 4) is 0 Å². The summed E-state index contributed by atoms with van der Waals surface area (Å²) in [6.45, 7) is 4.09. The largest absolute Gasteiger partial charge is 0.396 e. The van der Waals surface area contributed by atoms with Gasteiger partial charge in [0.25, 0.3) is 0 Å². The van der Waals surface area contributed by atoms with Gasteiger partial charge < -0.3 is 15.7 Å². The van der Waals surface area contributed by atoms with Gasteiger partial charge in [-0.05, 0) is 55.2 Å². The summed E-state index contributed by atoms with van der Waals surface area (Å²) in [7, 11) is 0. The molecule has 0 saturated carbocycles. The number of urea groups is 1. The second-order valence-electron chi connectivity index (χ2n) is 5.01. The topological polar surface area (TPSA) is 61.4 Å². The zero-order valence-corrected chi connectivity index (χ0v) is 12.3. The van der Waals surface area contributed by atoms with Gasteiger partial charge in [-0.15, -0.1) is 0 Å². The highest BCUT2D eigenvalue weighted by Gasteiger charge is 2.07. The SMILES string of the molecule is Cc1ccc(NC(=O)Nc2ccccc2CCO)cc1C. The number of carbonyl (C=O) groups is 1. The van der Waals surface area contributed by atoms with Crippen molar-refractivity contribution in [3.05, 3.63) is 59.2 Å². The first-order valence-corrected chi connectivity index (χ1v) is 6.94. The summed E-state index contributed by atoms with van der Waals surface area (Å²) in [6.07, 6.45) is 0.514. The van der Waals surface area contributed by atoms with Crippen LogP contribution in [-0.2, 0) is 6.42 Å². The maximum atomic E-state index is 12.0. The maximum Gasteiger partial charge on any atom is 0.323 e. The highest BCUT2D eigenvalue weighted by atomic mass is 16.3. The zero-order chi connectivity index (χ0) is 15.2. The molecule has 2 amide bonds. The highest BCUT2D eigenvalue weighted by Crippen LogP contribution is 2.17. The van der Waals surface area contributed by atoms with Crippen LogP contribution in [0.5, 0.6) is 0 Å². The molecule has 3 N–H and O–H groups in total. The molecular weight excluding hydrogens is 264 g/mol. The molecule has 110 valence electrons. The minimum atomic E-state index is -0.288. The lowest BCUT2D eigenvalue weighted by atomic mass is 10.1. The van der Waals surface area contributed by atoms with Crippen LogP contribution in [-0.4, -0.2) is 17.7 Å². The average molecular weight is 284 g/mol. The van der Waals surface area contributed by atoms with Gasteiger partial charge in [0.2, 0.25) is 0 Å². The summed E-state index contributed by atoms with van der Waals surface area (Å²) in [5.74, 6) is 0. The molecule has 0 heterocycles. The number of para-hydroxylation sites is 1. The van der Waals surface area contributed by atoms with E-state index in [1.807, 2.05) is 56.3 Å². The molecule has 21 heavy (non-hydrogen) atoms. The molecule has 0 aromatic heterocycles. The van der Waals surface area contributed by atoms with E-state index in [1.54, 1.807) is 0 Å². The van der Waals surface area contributed by atoms with Crippen LogP contribution in [0.4, 0.5) is 16.2 Å². The molecule has 0 atom stereocenters. The molecule has 0 aliphatic rings. The zero-order valence-electron chi connectivity index (χ0n) is 12.3. The fraction of sp³-hybridized carbons (Fsp3) is 0.235. The minimum Gasteiger partial charge on any atom is -0.396 e. The molecule has 0 radical (unpaired) electrons. The van der Waals surface area contributed by atoms with E-state index in [2.05, 4.69) is 10.6 Å². The number of rotatable bonds is 4. The third-order valence-electron chi connectivity index (χ3n) is 3.41. The van der Waals surface area contributed by atoms with Crippen molar-refractivity contribution in [2.24, 2.45) is 0 Å². The van der Waals surface area contributed by atoms with Gasteiger partial charge in [0.05, 0.1) is 0 Å². The second-order valence-corrected chi connectivity index (χ2v) is 5.01. The first-order chi connectivity index (χ1) is 10.1. The van der Waals surface area contributed by atoms with Crippen molar-refractivity contribution < 1.29 is 9.90 Å². The lowest BCUT2D eigenvalue weighted by molar-refractivity contribution is 0.262. The van der Waals surface area contributed by atoms with E-state index in [1.165, 1.54) is 5.56 Å². The molecule has 2 rings (SSSR count). The third-order valence-corrected chi connectivity index (χ3v) is 3.41. The number of aliphatic hydroxyl groups excluding tert-OH is 1. The fourth-order valence-electron chi connectivity index (χ4n) is 2.08. The van der Waals surface area contributed by atoms with E-state index >= 15 is 0 Å². The molecule has 2 aromatic carbocycles. The minimum absolute atomic E-state index is 0.0530. The molecule has 0 aliphatic carbocycles. The van der Waals surface area contributed by atoms with Gasteiger partial charge in [-0.25, -0.2) is 4.79 Å². The molecular formula is C17H20N2O2. The van der Waals surface area contributed by atoms with Crippen LogP contribution in [0, 0.1) is 13.8 Å². The Hall–Kier alpha value is -2.33. The van der Waals surface area contributed by atoms with Gasteiger partial charge in [0.1, 0.15) is 0 Å². The summed E-state index contributed by atoms with van der Waals surface area (Å²) in [6, 6.07) is 13.0. The molecule has 0 unspecified atom stereocenters. The molecule has 0 aliphatic heterocycles. The van der Waals surface area contributed by atoms with Crippen LogP contribution in [0.3, 0.4) is 0 Å². The summed E-state index contributed by atoms with van der Waals surface area (Å²) >= 11 is 0. The Morgan fingerprint density at radius 2 is 1.81 bits per heavy atom. The normalized spacial score (nSPS) is 10.2. The number of aliphatic hydroxyl groups is 1. The average Bonchev–Trinajstić information content (AvgIpc) is 2.45. The first-order valence-electron chi connectivity index (χ1n) is 6.94. The molecule has 0 saturated heterocycles. The number of aryl methyl sites for hydroxylation is 2. The van der Waals surface area contributed by atoms with E-state index in [4.69, 9.17) is 5.11 Å². The summed E-state index contributed by atoms with van der Waals surface area (Å²) < 4.78 is 0. The van der Waals surface area contributed by atoms with Crippen molar-refractivity contribution in [3.63, 3.8) is 0 Å². The smallest absolute Gasteiger partial charge is 0.323 e. The van der Waals surface area contributed by atoms with Crippen LogP contribution in [0.25, 0.3) is 0 Å². The number of hydrogen-bond donors (Lipinski definition) is 3. The van der Waals surface area contributed by atoms with Crippen LogP contribution in [0.15, 0.2) is 42.5 Å². The Morgan fingerprint density at radius 1 is 1.05 bits per heavy atom. The van der Waals surface area contributed by atoms with Crippen molar-refractivity contribution >= 4 is 17.4 Å². The highest BCUT2D eigenvalue weighted by molar-refractivity contribution is 6.00. The fourth-order valence-corrected chi connectivity index (χ4v) is 2.08. The van der Waals surface area contributed by atoms with Gasteiger partial charge >= 0.3 is 6.03 Å². The second kappa shape index (κ2) is 6.90. The van der Waals surface area contributed by atoms with Crippen LogP contribution in [0.2, 0.25) is 0 Å². The number of nitrogens with one attached hydrogen (secondary N) is 2. The maximum absolute atomic E-state index is 12.0. The van der Waals surface area contributed by atoms with Crippen molar-refractivity contribution in [2.45, 2.75) is 20.3 Å². The number of benzene rings is 2. The number of anilines is 2. The molecule has 4 nitrogen and oxygen atoms in total. The molecule has 4 heteroatoms. The molecule has 0 spiro atoms. The third kappa shape index (κ3) is 4.07. The van der Waals surface area contributed by atoms with E-state index in [0.717, 1.165) is 16.8 Å². The van der Waals surface area contributed by atoms with Gasteiger partial charge in [-0.2, -0.15) is 0 Å². The number of amides is 2. The molecule has 0 fully saturated rings. The monoisotopic (exact) mass is 284 g/mol. The summed E-state index contributed by atoms with van der Waals surface area (Å²) in [5, 5.41) is 14.7. The molecule has 2 aromatic rings. The lowest BCUT2D eigenvalue weighted by Crippen LogP contribution is -2.20. The quantitative estimate of drug-likeness (QED) is 0.805. The van der Waals surface area contributed by atoms with E-state index < -0.39 is 0 Å². The van der Waals surface area contributed by atoms with Crippen molar-refractivity contribution in [1.82, 2.24) is 0 Å². The Bertz CT molecular complexity index is 638. The predicted octanol–water partition coefficient (Wildman–Crippen LogP) is 3.48. The Morgan fingerprint density at radius 3 is 2.52 bits per heavy atom. The van der Waals surface area contributed by atoms with Crippen LogP contribution >= 0.6 is 0 Å². The number of carbonyl (C=O) groups excluding carboxylic acids is 1. The van der Waals surface area contributed by atoms with Gasteiger partial charge in [-0.1, -0.05) is 24.3 Å². The van der Waals surface area contributed by atoms with Gasteiger partial charge in [0, 0.05) is 18.0 Å². The van der Waals surface area contributed by atoms with E-state index in [9.17, 15) is 4.79 Å². The van der Waals surface area contributed by atoms with Crippen LogP contribution < -0.4 is 10.6 Å². The van der Waals surface area contributed by atoms with Crippen molar-refractivity contribution in [1.29, 1.82) is 0 Å². The summed E-state index contributed by atoms with van der Waals surface area (Å²) in [5.41, 5.74) is 4.71. The lowest BCUT2D eigenvalue weighted by Gasteiger charge is -2.12. The molecule has 0 bridgehead atoms. The Labute approximate surface area is 124 Å². The standard InChI is InChI=1S/C17H20N2O2/c1-12-7-8-15(11-13(12)2)18-17(21)19-16-6-4-3-5-14(16)9-10-20/h3-8,11,20H,9-10H2,1-2H3,(H2,18,19,21). The van der Waals surface area contributed by atoms with Crippen LogP contribution in [0.1, 0.15) is 16.7 Å². The van der Waals surface area contributed by atoms with Crippen molar-refractivity contribution in [2.75, 3.05) is 17.2 Å². The van der Waals surface area contributed by atoms with E-state index in [0.29, 0.717) is 12.1 Å². The van der Waals surface area contributed by atoms with Gasteiger partial charge in [-0.3, -0.25) is 0 Å². The predicted molar refractivity (Wildman–Crippen MR) is 85.8 cm³/mol.